The van der Waals surface area contributed by atoms with E-state index in [0.717, 1.165) is 19.6 Å². The third-order valence-electron chi connectivity index (χ3n) is 4.05. The van der Waals surface area contributed by atoms with Crippen LogP contribution >= 0.6 is 0 Å². The Balaban J connectivity index is 2.09. The molecule has 1 fully saturated rings. The molecule has 1 amide bonds. The monoisotopic (exact) mass is 274 g/mol. The molecule has 0 bridgehead atoms. The standard InChI is InChI=1S/C17H26N2O/c1-5-16(20)19-14(2)11-18(13-17(19,3)4)12-15-9-7-6-8-10-15/h6-10,14H,5,11-13H2,1-4H3/t14-/m1/s1. The van der Waals surface area contributed by atoms with E-state index < -0.39 is 0 Å². The molecule has 1 aliphatic heterocycles. The fraction of sp³-hybridized carbons (Fsp3) is 0.588. The summed E-state index contributed by atoms with van der Waals surface area (Å²) in [6.45, 7) is 11.3. The van der Waals surface area contributed by atoms with Crippen molar-refractivity contribution in [2.24, 2.45) is 0 Å². The minimum absolute atomic E-state index is 0.0977. The first-order valence-corrected chi connectivity index (χ1v) is 7.52. The molecule has 110 valence electrons. The molecule has 1 heterocycles. The molecule has 1 saturated heterocycles. The Kier molecular flexibility index (Phi) is 4.48. The molecule has 0 aromatic heterocycles. The van der Waals surface area contributed by atoms with Crippen molar-refractivity contribution in [1.29, 1.82) is 0 Å². The van der Waals surface area contributed by atoms with Crippen LogP contribution in [0.4, 0.5) is 0 Å². The van der Waals surface area contributed by atoms with Crippen LogP contribution in [0.3, 0.4) is 0 Å². The van der Waals surface area contributed by atoms with Gasteiger partial charge < -0.3 is 4.90 Å². The van der Waals surface area contributed by atoms with Crippen molar-refractivity contribution in [3.05, 3.63) is 35.9 Å². The van der Waals surface area contributed by atoms with Gasteiger partial charge in [-0.15, -0.1) is 0 Å². The van der Waals surface area contributed by atoms with E-state index in [2.05, 4.69) is 54.8 Å². The van der Waals surface area contributed by atoms with Crippen molar-refractivity contribution in [3.63, 3.8) is 0 Å². The van der Waals surface area contributed by atoms with Crippen LogP contribution < -0.4 is 0 Å². The summed E-state index contributed by atoms with van der Waals surface area (Å²) < 4.78 is 0. The molecule has 1 aromatic rings. The molecule has 0 aliphatic carbocycles. The van der Waals surface area contributed by atoms with Crippen molar-refractivity contribution < 1.29 is 4.79 Å². The van der Waals surface area contributed by atoms with Gasteiger partial charge in [-0.25, -0.2) is 0 Å². The summed E-state index contributed by atoms with van der Waals surface area (Å²) in [6.07, 6.45) is 0.590. The van der Waals surface area contributed by atoms with Gasteiger partial charge in [0.2, 0.25) is 5.91 Å². The molecule has 1 aromatic carbocycles. The second kappa shape index (κ2) is 5.96. The summed E-state index contributed by atoms with van der Waals surface area (Å²) in [5, 5.41) is 0. The quantitative estimate of drug-likeness (QED) is 0.846. The molecule has 2 rings (SSSR count). The lowest BCUT2D eigenvalue weighted by molar-refractivity contribution is -0.145. The molecular formula is C17H26N2O. The van der Waals surface area contributed by atoms with Gasteiger partial charge >= 0.3 is 0 Å². The largest absolute Gasteiger partial charge is 0.332 e. The Morgan fingerprint density at radius 2 is 1.95 bits per heavy atom. The highest BCUT2D eigenvalue weighted by Crippen LogP contribution is 2.27. The van der Waals surface area contributed by atoms with Gasteiger partial charge in [-0.2, -0.15) is 0 Å². The molecule has 3 nitrogen and oxygen atoms in total. The Morgan fingerprint density at radius 1 is 1.30 bits per heavy atom. The van der Waals surface area contributed by atoms with E-state index in [-0.39, 0.29) is 17.5 Å². The van der Waals surface area contributed by atoms with Crippen molar-refractivity contribution in [2.45, 2.75) is 52.2 Å². The van der Waals surface area contributed by atoms with Crippen LogP contribution in [0.15, 0.2) is 30.3 Å². The lowest BCUT2D eigenvalue weighted by Crippen LogP contribution is -2.64. The number of nitrogens with zero attached hydrogens (tertiary/aromatic N) is 2. The highest BCUT2D eigenvalue weighted by Gasteiger charge is 2.39. The third-order valence-corrected chi connectivity index (χ3v) is 4.05. The fourth-order valence-electron chi connectivity index (χ4n) is 3.46. The number of benzene rings is 1. The fourth-order valence-corrected chi connectivity index (χ4v) is 3.46. The van der Waals surface area contributed by atoms with Gasteiger partial charge in [0.05, 0.1) is 5.54 Å². The van der Waals surface area contributed by atoms with E-state index in [1.165, 1.54) is 5.56 Å². The summed E-state index contributed by atoms with van der Waals surface area (Å²) in [5.74, 6) is 0.266. The second-order valence-electron chi connectivity index (χ2n) is 6.43. The van der Waals surface area contributed by atoms with Gasteiger partial charge in [-0.3, -0.25) is 9.69 Å². The van der Waals surface area contributed by atoms with Crippen LogP contribution in [0.25, 0.3) is 0 Å². The summed E-state index contributed by atoms with van der Waals surface area (Å²) in [5.41, 5.74) is 1.24. The van der Waals surface area contributed by atoms with E-state index in [1.54, 1.807) is 0 Å². The number of hydrogen-bond donors (Lipinski definition) is 0. The predicted octanol–water partition coefficient (Wildman–Crippen LogP) is 2.91. The van der Waals surface area contributed by atoms with E-state index in [4.69, 9.17) is 0 Å². The Morgan fingerprint density at radius 3 is 2.50 bits per heavy atom. The van der Waals surface area contributed by atoms with Gasteiger partial charge in [0.1, 0.15) is 0 Å². The van der Waals surface area contributed by atoms with Gasteiger partial charge in [0.25, 0.3) is 0 Å². The molecule has 20 heavy (non-hydrogen) atoms. The van der Waals surface area contributed by atoms with Crippen LogP contribution in [0.2, 0.25) is 0 Å². The highest BCUT2D eigenvalue weighted by atomic mass is 16.2. The van der Waals surface area contributed by atoms with Gasteiger partial charge in [-0.1, -0.05) is 37.3 Å². The van der Waals surface area contributed by atoms with Crippen molar-refractivity contribution >= 4 is 5.91 Å². The number of piperazine rings is 1. The van der Waals surface area contributed by atoms with E-state index in [9.17, 15) is 4.79 Å². The summed E-state index contributed by atoms with van der Waals surface area (Å²) in [7, 11) is 0. The topological polar surface area (TPSA) is 23.6 Å². The number of carbonyl (C=O) groups is 1. The number of amides is 1. The van der Waals surface area contributed by atoms with E-state index in [1.807, 2.05) is 13.0 Å². The Hall–Kier alpha value is -1.35. The first-order chi connectivity index (χ1) is 9.44. The number of rotatable bonds is 3. The zero-order chi connectivity index (χ0) is 14.8. The van der Waals surface area contributed by atoms with Crippen LogP contribution in [-0.4, -0.2) is 40.4 Å². The smallest absolute Gasteiger partial charge is 0.223 e. The summed E-state index contributed by atoms with van der Waals surface area (Å²) >= 11 is 0. The summed E-state index contributed by atoms with van der Waals surface area (Å²) in [6, 6.07) is 10.8. The molecule has 0 N–H and O–H groups in total. The summed E-state index contributed by atoms with van der Waals surface area (Å²) in [4.78, 5) is 16.7. The van der Waals surface area contributed by atoms with Crippen LogP contribution in [0, 0.1) is 0 Å². The van der Waals surface area contributed by atoms with Crippen LogP contribution in [0.5, 0.6) is 0 Å². The molecule has 0 unspecified atom stereocenters. The van der Waals surface area contributed by atoms with Crippen LogP contribution in [-0.2, 0) is 11.3 Å². The zero-order valence-corrected chi connectivity index (χ0v) is 13.1. The van der Waals surface area contributed by atoms with Gasteiger partial charge in [-0.05, 0) is 26.3 Å². The lowest BCUT2D eigenvalue weighted by Gasteiger charge is -2.51. The minimum Gasteiger partial charge on any atom is -0.332 e. The van der Waals surface area contributed by atoms with Crippen molar-refractivity contribution in [3.8, 4) is 0 Å². The minimum atomic E-state index is -0.0977. The molecule has 3 heteroatoms. The molecule has 1 atom stereocenters. The van der Waals surface area contributed by atoms with Gasteiger partial charge in [0.15, 0.2) is 0 Å². The Labute approximate surface area is 122 Å². The van der Waals surface area contributed by atoms with E-state index in [0.29, 0.717) is 6.42 Å². The second-order valence-corrected chi connectivity index (χ2v) is 6.43. The number of carbonyl (C=O) groups excluding carboxylic acids is 1. The average molecular weight is 274 g/mol. The highest BCUT2D eigenvalue weighted by molar-refractivity contribution is 5.77. The first-order valence-electron chi connectivity index (χ1n) is 7.52. The third kappa shape index (κ3) is 3.21. The maximum Gasteiger partial charge on any atom is 0.223 e. The van der Waals surface area contributed by atoms with Crippen molar-refractivity contribution in [2.75, 3.05) is 13.1 Å². The molecular weight excluding hydrogens is 248 g/mol. The Bertz CT molecular complexity index is 455. The zero-order valence-electron chi connectivity index (χ0n) is 13.1. The predicted molar refractivity (Wildman–Crippen MR) is 82.4 cm³/mol. The van der Waals surface area contributed by atoms with Crippen molar-refractivity contribution in [1.82, 2.24) is 9.80 Å². The normalized spacial score (nSPS) is 22.8. The maximum absolute atomic E-state index is 12.2. The maximum atomic E-state index is 12.2. The van der Waals surface area contributed by atoms with Crippen LogP contribution in [0.1, 0.15) is 39.7 Å². The molecule has 0 saturated carbocycles. The first kappa shape index (κ1) is 15.0. The molecule has 0 radical (unpaired) electrons. The number of hydrogen-bond acceptors (Lipinski definition) is 2. The average Bonchev–Trinajstić information content (AvgIpc) is 2.37. The SMILES string of the molecule is CCC(=O)N1[C@H](C)CN(Cc2ccccc2)CC1(C)C. The van der Waals surface area contributed by atoms with E-state index >= 15 is 0 Å². The van der Waals surface area contributed by atoms with Gasteiger partial charge in [0, 0.05) is 32.1 Å². The lowest BCUT2D eigenvalue weighted by atomic mass is 9.94. The molecule has 1 aliphatic rings. The molecule has 0 spiro atoms.